The topological polar surface area (TPSA) is 86.8 Å². The number of sulfonamides is 1. The maximum absolute atomic E-state index is 14.1. The summed E-state index contributed by atoms with van der Waals surface area (Å²) >= 11 is 0. The minimum atomic E-state index is -4.07. The normalized spacial score (nSPS) is 12.8. The van der Waals surface area contributed by atoms with Gasteiger partial charge in [-0.1, -0.05) is 80.1 Å². The van der Waals surface area contributed by atoms with Crippen LogP contribution in [0.4, 0.5) is 5.69 Å². The molecule has 39 heavy (non-hydrogen) atoms. The molecule has 0 bridgehead atoms. The van der Waals surface area contributed by atoms with Gasteiger partial charge in [-0.3, -0.25) is 13.9 Å². The van der Waals surface area contributed by atoms with Crippen LogP contribution in [0.15, 0.2) is 83.8 Å². The van der Waals surface area contributed by atoms with E-state index in [1.165, 1.54) is 17.0 Å². The van der Waals surface area contributed by atoms with Crippen LogP contribution >= 0.6 is 0 Å². The first-order valence-electron chi connectivity index (χ1n) is 13.4. The lowest BCUT2D eigenvalue weighted by Gasteiger charge is -2.34. The number of hydrogen-bond acceptors (Lipinski definition) is 4. The van der Waals surface area contributed by atoms with E-state index >= 15 is 0 Å². The van der Waals surface area contributed by atoms with Crippen molar-refractivity contribution in [1.82, 2.24) is 10.2 Å². The molecule has 0 aromatic heterocycles. The molecule has 0 fully saturated rings. The number of para-hydroxylation sites is 1. The molecule has 0 aliphatic heterocycles. The van der Waals surface area contributed by atoms with E-state index in [4.69, 9.17) is 0 Å². The first-order valence-corrected chi connectivity index (χ1v) is 14.8. The minimum absolute atomic E-state index is 0.0511. The molecule has 0 saturated carbocycles. The highest BCUT2D eigenvalue weighted by Gasteiger charge is 2.34. The number of benzene rings is 3. The maximum Gasteiger partial charge on any atom is 0.264 e. The largest absolute Gasteiger partial charge is 0.352 e. The van der Waals surface area contributed by atoms with E-state index in [1.54, 1.807) is 30.3 Å². The fourth-order valence-electron chi connectivity index (χ4n) is 4.33. The van der Waals surface area contributed by atoms with Gasteiger partial charge in [-0.15, -0.1) is 0 Å². The van der Waals surface area contributed by atoms with Crippen molar-refractivity contribution < 1.29 is 18.0 Å². The Hall–Kier alpha value is -3.65. The maximum atomic E-state index is 14.1. The fourth-order valence-corrected chi connectivity index (χ4v) is 5.83. The molecule has 0 aliphatic carbocycles. The summed E-state index contributed by atoms with van der Waals surface area (Å²) in [6.07, 6.45) is 1.14. The summed E-state index contributed by atoms with van der Waals surface area (Å²) in [5.74, 6) is -0.704. The summed E-state index contributed by atoms with van der Waals surface area (Å²) in [4.78, 5) is 29.0. The zero-order valence-corrected chi connectivity index (χ0v) is 24.2. The second kappa shape index (κ2) is 13.4. The summed E-state index contributed by atoms with van der Waals surface area (Å²) < 4.78 is 28.9. The second-order valence-electron chi connectivity index (χ2n) is 9.86. The van der Waals surface area contributed by atoms with Gasteiger partial charge in [0.1, 0.15) is 12.6 Å². The fraction of sp³-hybridized carbons (Fsp3) is 0.355. The SMILES string of the molecule is CC[C@H](C)NC(=O)[C@H](CC)N(Cc1ccc(C)cc1)C(=O)CN(c1ccccc1C)S(=O)(=O)c1ccccc1. The first kappa shape index (κ1) is 29.9. The average Bonchev–Trinajstić information content (AvgIpc) is 2.93. The monoisotopic (exact) mass is 549 g/mol. The predicted molar refractivity (Wildman–Crippen MR) is 156 cm³/mol. The molecule has 1 N–H and O–H groups in total. The Balaban J connectivity index is 2.05. The van der Waals surface area contributed by atoms with Crippen molar-refractivity contribution in [2.24, 2.45) is 0 Å². The van der Waals surface area contributed by atoms with Gasteiger partial charge >= 0.3 is 0 Å². The highest BCUT2D eigenvalue weighted by molar-refractivity contribution is 7.92. The molecular formula is C31H39N3O4S. The van der Waals surface area contributed by atoms with E-state index in [2.05, 4.69) is 5.32 Å². The molecule has 0 aliphatic rings. The average molecular weight is 550 g/mol. The molecule has 3 aromatic carbocycles. The van der Waals surface area contributed by atoms with Gasteiger partial charge in [-0.05, 0) is 62.9 Å². The third-order valence-electron chi connectivity index (χ3n) is 6.85. The van der Waals surface area contributed by atoms with Crippen LogP contribution in [-0.2, 0) is 26.2 Å². The molecular weight excluding hydrogens is 510 g/mol. The quantitative estimate of drug-likeness (QED) is 0.336. The second-order valence-corrected chi connectivity index (χ2v) is 11.7. The van der Waals surface area contributed by atoms with Crippen molar-refractivity contribution in [3.8, 4) is 0 Å². The lowest BCUT2D eigenvalue weighted by atomic mass is 10.1. The van der Waals surface area contributed by atoms with Gasteiger partial charge in [0.25, 0.3) is 10.0 Å². The summed E-state index contributed by atoms with van der Waals surface area (Å²) in [5, 5.41) is 3.00. The van der Waals surface area contributed by atoms with Crippen molar-refractivity contribution in [3.63, 3.8) is 0 Å². The smallest absolute Gasteiger partial charge is 0.264 e. The van der Waals surface area contributed by atoms with Gasteiger partial charge in [0.05, 0.1) is 10.6 Å². The Morgan fingerprint density at radius 2 is 1.46 bits per heavy atom. The molecule has 0 spiro atoms. The van der Waals surface area contributed by atoms with E-state index in [0.717, 1.165) is 27.4 Å². The van der Waals surface area contributed by atoms with Crippen molar-refractivity contribution in [3.05, 3.63) is 95.6 Å². The highest BCUT2D eigenvalue weighted by Crippen LogP contribution is 2.27. The van der Waals surface area contributed by atoms with E-state index in [9.17, 15) is 18.0 Å². The number of nitrogens with one attached hydrogen (secondary N) is 1. The van der Waals surface area contributed by atoms with E-state index < -0.39 is 28.5 Å². The Morgan fingerprint density at radius 3 is 2.05 bits per heavy atom. The van der Waals surface area contributed by atoms with Crippen LogP contribution < -0.4 is 9.62 Å². The standard InChI is InChI=1S/C31H39N3O4S/c1-6-25(5)32-31(36)28(7-2)33(21-26-19-17-23(3)18-20-26)30(35)22-34(29-16-12-11-13-24(29)4)39(37,38)27-14-9-8-10-15-27/h8-20,25,28H,6-7,21-22H2,1-5H3,(H,32,36)/t25-,28-/m0/s1. The molecule has 208 valence electrons. The van der Waals surface area contributed by atoms with Gasteiger partial charge in [0.15, 0.2) is 0 Å². The number of hydrogen-bond donors (Lipinski definition) is 1. The first-order chi connectivity index (χ1) is 18.6. The molecule has 0 radical (unpaired) electrons. The number of rotatable bonds is 12. The van der Waals surface area contributed by atoms with E-state index in [0.29, 0.717) is 12.1 Å². The van der Waals surface area contributed by atoms with Crippen molar-refractivity contribution in [1.29, 1.82) is 0 Å². The number of aryl methyl sites for hydroxylation is 2. The van der Waals surface area contributed by atoms with Crippen LogP contribution in [0.25, 0.3) is 0 Å². The lowest BCUT2D eigenvalue weighted by Crippen LogP contribution is -2.53. The Kier molecular flexibility index (Phi) is 10.3. The Morgan fingerprint density at radius 1 is 0.846 bits per heavy atom. The van der Waals surface area contributed by atoms with Crippen LogP contribution in [0.5, 0.6) is 0 Å². The van der Waals surface area contributed by atoms with Crippen LogP contribution in [-0.4, -0.2) is 43.8 Å². The highest BCUT2D eigenvalue weighted by atomic mass is 32.2. The Bertz CT molecular complexity index is 1360. The molecule has 3 rings (SSSR count). The summed E-state index contributed by atoms with van der Waals surface area (Å²) in [6.45, 7) is 9.29. The van der Waals surface area contributed by atoms with E-state index in [-0.39, 0.29) is 23.4 Å². The van der Waals surface area contributed by atoms with Gasteiger partial charge in [0.2, 0.25) is 11.8 Å². The number of amides is 2. The zero-order valence-electron chi connectivity index (χ0n) is 23.4. The van der Waals surface area contributed by atoms with Crippen LogP contribution in [0.3, 0.4) is 0 Å². The number of anilines is 1. The summed E-state index contributed by atoms with van der Waals surface area (Å²) in [7, 11) is -4.07. The molecule has 2 amide bonds. The predicted octanol–water partition coefficient (Wildman–Crippen LogP) is 5.22. The number of carbonyl (C=O) groups excluding carboxylic acids is 2. The summed E-state index contributed by atoms with van der Waals surface area (Å²) in [6, 6.07) is 22.1. The minimum Gasteiger partial charge on any atom is -0.352 e. The number of nitrogens with zero attached hydrogens (tertiary/aromatic N) is 2. The van der Waals surface area contributed by atoms with Crippen molar-refractivity contribution in [2.45, 2.75) is 71.0 Å². The molecule has 8 heteroatoms. The molecule has 0 saturated heterocycles. The van der Waals surface area contributed by atoms with Crippen molar-refractivity contribution in [2.75, 3.05) is 10.8 Å². The van der Waals surface area contributed by atoms with Crippen molar-refractivity contribution >= 4 is 27.5 Å². The van der Waals surface area contributed by atoms with Gasteiger partial charge < -0.3 is 10.2 Å². The molecule has 3 aromatic rings. The molecule has 2 atom stereocenters. The third kappa shape index (κ3) is 7.47. The molecule has 7 nitrogen and oxygen atoms in total. The number of carbonyl (C=O) groups is 2. The van der Waals surface area contributed by atoms with Gasteiger partial charge in [-0.25, -0.2) is 8.42 Å². The van der Waals surface area contributed by atoms with Crippen LogP contribution in [0.2, 0.25) is 0 Å². The lowest BCUT2D eigenvalue weighted by molar-refractivity contribution is -0.140. The van der Waals surface area contributed by atoms with E-state index in [1.807, 2.05) is 71.0 Å². The van der Waals surface area contributed by atoms with Crippen LogP contribution in [0.1, 0.15) is 50.3 Å². The van der Waals surface area contributed by atoms with Crippen LogP contribution in [0, 0.1) is 13.8 Å². The zero-order chi connectivity index (χ0) is 28.6. The molecule has 0 unspecified atom stereocenters. The summed E-state index contributed by atoms with van der Waals surface area (Å²) in [5.41, 5.74) is 3.08. The molecule has 0 heterocycles. The third-order valence-corrected chi connectivity index (χ3v) is 8.63. The van der Waals surface area contributed by atoms with Gasteiger partial charge in [0, 0.05) is 12.6 Å². The Labute approximate surface area is 232 Å². The van der Waals surface area contributed by atoms with Gasteiger partial charge in [-0.2, -0.15) is 0 Å².